The molecule has 3 aromatic rings. The van der Waals surface area contributed by atoms with Crippen molar-refractivity contribution >= 4 is 17.0 Å². The molecule has 21 heavy (non-hydrogen) atoms. The SMILES string of the molecule is CCOC(=O)c1ccc2nc(Cc3ccccc3)[nH]c2c1. The van der Waals surface area contributed by atoms with E-state index in [1.807, 2.05) is 24.3 Å². The van der Waals surface area contributed by atoms with E-state index in [4.69, 9.17) is 4.74 Å². The van der Waals surface area contributed by atoms with Gasteiger partial charge in [-0.25, -0.2) is 9.78 Å². The van der Waals surface area contributed by atoms with E-state index < -0.39 is 0 Å². The summed E-state index contributed by atoms with van der Waals surface area (Å²) in [6.07, 6.45) is 0.740. The van der Waals surface area contributed by atoms with Crippen LogP contribution in [0, 0.1) is 0 Å². The summed E-state index contributed by atoms with van der Waals surface area (Å²) in [6.45, 7) is 2.17. The predicted octanol–water partition coefficient (Wildman–Crippen LogP) is 3.33. The molecule has 1 N–H and O–H groups in total. The van der Waals surface area contributed by atoms with Crippen LogP contribution >= 0.6 is 0 Å². The van der Waals surface area contributed by atoms with Gasteiger partial charge in [0, 0.05) is 6.42 Å². The zero-order chi connectivity index (χ0) is 14.7. The minimum absolute atomic E-state index is 0.307. The van der Waals surface area contributed by atoms with Crippen molar-refractivity contribution in [2.45, 2.75) is 13.3 Å². The van der Waals surface area contributed by atoms with Gasteiger partial charge in [-0.05, 0) is 30.7 Å². The van der Waals surface area contributed by atoms with Crippen molar-refractivity contribution in [2.75, 3.05) is 6.61 Å². The Hall–Kier alpha value is -2.62. The number of esters is 1. The molecule has 0 saturated heterocycles. The second-order valence-corrected chi connectivity index (χ2v) is 4.80. The summed E-state index contributed by atoms with van der Waals surface area (Å²) in [4.78, 5) is 19.5. The van der Waals surface area contributed by atoms with E-state index in [1.54, 1.807) is 19.1 Å². The van der Waals surface area contributed by atoms with Crippen LogP contribution in [0.2, 0.25) is 0 Å². The molecule has 1 aromatic heterocycles. The molecule has 0 unspecified atom stereocenters. The van der Waals surface area contributed by atoms with E-state index in [1.165, 1.54) is 5.56 Å². The molecule has 0 aliphatic carbocycles. The molecule has 106 valence electrons. The third kappa shape index (κ3) is 2.94. The number of rotatable bonds is 4. The van der Waals surface area contributed by atoms with Crippen molar-refractivity contribution in [1.82, 2.24) is 9.97 Å². The van der Waals surface area contributed by atoms with Crippen LogP contribution < -0.4 is 0 Å². The normalized spacial score (nSPS) is 10.7. The zero-order valence-corrected chi connectivity index (χ0v) is 11.8. The fraction of sp³-hybridized carbons (Fsp3) is 0.176. The summed E-state index contributed by atoms with van der Waals surface area (Å²) in [6, 6.07) is 15.5. The third-order valence-electron chi connectivity index (χ3n) is 3.26. The Morgan fingerprint density at radius 1 is 1.19 bits per heavy atom. The van der Waals surface area contributed by atoms with Gasteiger partial charge < -0.3 is 9.72 Å². The molecule has 2 aromatic carbocycles. The highest BCUT2D eigenvalue weighted by Gasteiger charge is 2.09. The van der Waals surface area contributed by atoms with Gasteiger partial charge in [-0.2, -0.15) is 0 Å². The molecular weight excluding hydrogens is 264 g/mol. The number of carbonyl (C=O) groups is 1. The van der Waals surface area contributed by atoms with Gasteiger partial charge in [-0.15, -0.1) is 0 Å². The Bertz CT molecular complexity index is 763. The lowest BCUT2D eigenvalue weighted by molar-refractivity contribution is 0.0526. The van der Waals surface area contributed by atoms with Gasteiger partial charge in [0.1, 0.15) is 5.82 Å². The molecule has 0 fully saturated rings. The first-order valence-corrected chi connectivity index (χ1v) is 6.96. The minimum Gasteiger partial charge on any atom is -0.462 e. The lowest BCUT2D eigenvalue weighted by atomic mass is 10.1. The quantitative estimate of drug-likeness (QED) is 0.746. The van der Waals surface area contributed by atoms with Crippen LogP contribution in [0.15, 0.2) is 48.5 Å². The van der Waals surface area contributed by atoms with Crippen molar-refractivity contribution in [3.63, 3.8) is 0 Å². The van der Waals surface area contributed by atoms with Crippen molar-refractivity contribution in [3.8, 4) is 0 Å². The Morgan fingerprint density at radius 3 is 2.76 bits per heavy atom. The molecule has 3 rings (SSSR count). The molecule has 1 heterocycles. The second kappa shape index (κ2) is 5.79. The number of hydrogen-bond acceptors (Lipinski definition) is 3. The largest absolute Gasteiger partial charge is 0.462 e. The lowest BCUT2D eigenvalue weighted by Gasteiger charge is -2.00. The average Bonchev–Trinajstić information content (AvgIpc) is 2.89. The zero-order valence-electron chi connectivity index (χ0n) is 11.8. The Morgan fingerprint density at radius 2 is 2.00 bits per heavy atom. The molecule has 4 heteroatoms. The van der Waals surface area contributed by atoms with Crippen LogP contribution in [0.4, 0.5) is 0 Å². The van der Waals surface area contributed by atoms with Crippen molar-refractivity contribution in [2.24, 2.45) is 0 Å². The topological polar surface area (TPSA) is 55.0 Å². The first-order chi connectivity index (χ1) is 10.3. The summed E-state index contributed by atoms with van der Waals surface area (Å²) in [5.74, 6) is 0.579. The summed E-state index contributed by atoms with van der Waals surface area (Å²) < 4.78 is 5.01. The van der Waals surface area contributed by atoms with Crippen LogP contribution in [0.25, 0.3) is 11.0 Å². The maximum Gasteiger partial charge on any atom is 0.338 e. The Labute approximate surface area is 122 Å². The minimum atomic E-state index is -0.307. The summed E-state index contributed by atoms with van der Waals surface area (Å²) >= 11 is 0. The number of ether oxygens (including phenoxy) is 1. The van der Waals surface area contributed by atoms with Crippen LogP contribution in [-0.4, -0.2) is 22.5 Å². The van der Waals surface area contributed by atoms with Gasteiger partial charge in [0.15, 0.2) is 0 Å². The molecule has 4 nitrogen and oxygen atoms in total. The van der Waals surface area contributed by atoms with Gasteiger partial charge >= 0.3 is 5.97 Å². The Balaban J connectivity index is 1.88. The number of benzene rings is 2. The van der Waals surface area contributed by atoms with E-state index in [2.05, 4.69) is 22.1 Å². The van der Waals surface area contributed by atoms with Gasteiger partial charge in [0.25, 0.3) is 0 Å². The molecule has 0 amide bonds. The second-order valence-electron chi connectivity index (χ2n) is 4.80. The van der Waals surface area contributed by atoms with E-state index >= 15 is 0 Å². The van der Waals surface area contributed by atoms with Crippen LogP contribution in [-0.2, 0) is 11.2 Å². The van der Waals surface area contributed by atoms with Crippen molar-refractivity contribution in [1.29, 1.82) is 0 Å². The summed E-state index contributed by atoms with van der Waals surface area (Å²) in [5.41, 5.74) is 3.45. The Kier molecular flexibility index (Phi) is 3.69. The number of hydrogen-bond donors (Lipinski definition) is 1. The van der Waals surface area contributed by atoms with E-state index in [0.717, 1.165) is 23.3 Å². The van der Waals surface area contributed by atoms with Gasteiger partial charge in [0.05, 0.1) is 23.2 Å². The highest BCUT2D eigenvalue weighted by Crippen LogP contribution is 2.16. The van der Waals surface area contributed by atoms with Crippen LogP contribution in [0.5, 0.6) is 0 Å². The fourth-order valence-electron chi connectivity index (χ4n) is 2.28. The van der Waals surface area contributed by atoms with E-state index in [9.17, 15) is 4.79 Å². The number of nitrogens with one attached hydrogen (secondary N) is 1. The van der Waals surface area contributed by atoms with Crippen LogP contribution in [0.1, 0.15) is 28.7 Å². The summed E-state index contributed by atoms with van der Waals surface area (Å²) in [5, 5.41) is 0. The average molecular weight is 280 g/mol. The monoisotopic (exact) mass is 280 g/mol. The van der Waals surface area contributed by atoms with Gasteiger partial charge in [-0.1, -0.05) is 30.3 Å². The maximum atomic E-state index is 11.7. The fourth-order valence-corrected chi connectivity index (χ4v) is 2.28. The van der Waals surface area contributed by atoms with Gasteiger partial charge in [0.2, 0.25) is 0 Å². The van der Waals surface area contributed by atoms with E-state index in [0.29, 0.717) is 12.2 Å². The highest BCUT2D eigenvalue weighted by molar-refractivity contribution is 5.93. The molecule has 0 aliphatic heterocycles. The lowest BCUT2D eigenvalue weighted by Crippen LogP contribution is -2.04. The van der Waals surface area contributed by atoms with E-state index in [-0.39, 0.29) is 5.97 Å². The number of fused-ring (bicyclic) bond motifs is 1. The number of H-pyrrole nitrogens is 1. The number of carbonyl (C=O) groups excluding carboxylic acids is 1. The van der Waals surface area contributed by atoms with Crippen molar-refractivity contribution < 1.29 is 9.53 Å². The van der Waals surface area contributed by atoms with Crippen LogP contribution in [0.3, 0.4) is 0 Å². The molecule has 0 bridgehead atoms. The molecule has 0 atom stereocenters. The molecule has 0 spiro atoms. The summed E-state index contributed by atoms with van der Waals surface area (Å²) in [7, 11) is 0. The third-order valence-corrected chi connectivity index (χ3v) is 3.26. The molecule has 0 saturated carbocycles. The van der Waals surface area contributed by atoms with Crippen molar-refractivity contribution in [3.05, 3.63) is 65.5 Å². The predicted molar refractivity (Wildman–Crippen MR) is 81.3 cm³/mol. The van der Waals surface area contributed by atoms with Gasteiger partial charge in [-0.3, -0.25) is 0 Å². The molecule has 0 aliphatic rings. The smallest absolute Gasteiger partial charge is 0.338 e. The first kappa shape index (κ1) is 13.4. The highest BCUT2D eigenvalue weighted by atomic mass is 16.5. The maximum absolute atomic E-state index is 11.7. The number of imidazole rings is 1. The molecular formula is C17H16N2O2. The molecule has 0 radical (unpaired) electrons. The first-order valence-electron chi connectivity index (χ1n) is 6.96. The number of aromatic nitrogens is 2. The number of aromatic amines is 1. The number of nitrogens with zero attached hydrogens (tertiary/aromatic N) is 1. The standard InChI is InChI=1S/C17H16N2O2/c1-2-21-17(20)13-8-9-14-15(11-13)19-16(18-14)10-12-6-4-3-5-7-12/h3-9,11H,2,10H2,1H3,(H,18,19).